The molecule has 80 valence electrons. The van der Waals surface area contributed by atoms with Crippen LogP contribution in [-0.2, 0) is 10.3 Å². The third-order valence-electron chi connectivity index (χ3n) is 2.18. The Labute approximate surface area is 86.1 Å². The van der Waals surface area contributed by atoms with E-state index in [1.165, 1.54) is 31.2 Å². The Kier molecular flexibility index (Phi) is 2.76. The summed E-state index contributed by atoms with van der Waals surface area (Å²) in [5.74, 6) is -2.22. The molecule has 0 radical (unpaired) electrons. The maximum atomic E-state index is 10.8. The van der Waals surface area contributed by atoms with Crippen LogP contribution in [0.4, 0.5) is 0 Å². The van der Waals surface area contributed by atoms with Gasteiger partial charge in [-0.25, -0.2) is 9.59 Å². The third kappa shape index (κ3) is 2.13. The number of hydrogen-bond acceptors (Lipinski definition) is 3. The molecule has 1 aromatic carbocycles. The number of aromatic carboxylic acids is 1. The van der Waals surface area contributed by atoms with E-state index in [9.17, 15) is 9.59 Å². The van der Waals surface area contributed by atoms with Crippen molar-refractivity contribution >= 4 is 11.9 Å². The summed E-state index contributed by atoms with van der Waals surface area (Å²) in [7, 11) is 0. The average molecular weight is 209 g/mol. The molecule has 0 unspecified atom stereocenters. The zero-order valence-corrected chi connectivity index (χ0v) is 8.10. The van der Waals surface area contributed by atoms with Crippen LogP contribution in [-0.4, -0.2) is 22.2 Å². The quantitative estimate of drug-likeness (QED) is 0.678. The van der Waals surface area contributed by atoms with Crippen LogP contribution in [0.3, 0.4) is 0 Å². The summed E-state index contributed by atoms with van der Waals surface area (Å²) < 4.78 is 0. The summed E-state index contributed by atoms with van der Waals surface area (Å²) in [6.07, 6.45) is 0. The number of carboxylic acid groups (broad SMARTS) is 2. The Morgan fingerprint density at radius 2 is 1.67 bits per heavy atom. The molecule has 1 atom stereocenters. The van der Waals surface area contributed by atoms with Crippen molar-refractivity contribution in [2.75, 3.05) is 0 Å². The summed E-state index contributed by atoms with van der Waals surface area (Å²) in [4.78, 5) is 21.3. The van der Waals surface area contributed by atoms with Gasteiger partial charge in [-0.1, -0.05) is 12.1 Å². The molecule has 4 N–H and O–H groups in total. The van der Waals surface area contributed by atoms with Crippen molar-refractivity contribution in [1.29, 1.82) is 0 Å². The summed E-state index contributed by atoms with van der Waals surface area (Å²) in [5, 5.41) is 17.5. The molecule has 0 amide bonds. The lowest BCUT2D eigenvalue weighted by Gasteiger charge is -2.19. The molecule has 0 aliphatic heterocycles. The van der Waals surface area contributed by atoms with E-state index in [-0.39, 0.29) is 5.56 Å². The lowest BCUT2D eigenvalue weighted by Crippen LogP contribution is -2.41. The number of carboxylic acids is 2. The molecular weight excluding hydrogens is 198 g/mol. The molecule has 5 nitrogen and oxygen atoms in total. The van der Waals surface area contributed by atoms with Gasteiger partial charge in [-0.15, -0.1) is 0 Å². The van der Waals surface area contributed by atoms with Gasteiger partial charge < -0.3 is 15.9 Å². The Balaban J connectivity index is 3.09. The highest BCUT2D eigenvalue weighted by Crippen LogP contribution is 2.18. The first-order valence-corrected chi connectivity index (χ1v) is 4.22. The van der Waals surface area contributed by atoms with Crippen LogP contribution in [0, 0.1) is 0 Å². The second kappa shape index (κ2) is 3.70. The minimum atomic E-state index is -1.50. The van der Waals surface area contributed by atoms with Crippen molar-refractivity contribution in [3.05, 3.63) is 35.4 Å². The van der Waals surface area contributed by atoms with Gasteiger partial charge in [-0.2, -0.15) is 0 Å². The largest absolute Gasteiger partial charge is 0.480 e. The predicted molar refractivity (Wildman–Crippen MR) is 52.6 cm³/mol. The van der Waals surface area contributed by atoms with Crippen molar-refractivity contribution in [1.82, 2.24) is 0 Å². The summed E-state index contributed by atoms with van der Waals surface area (Å²) in [6, 6.07) is 5.45. The highest BCUT2D eigenvalue weighted by atomic mass is 16.4. The van der Waals surface area contributed by atoms with Gasteiger partial charge in [0.2, 0.25) is 0 Å². The molecule has 0 aromatic heterocycles. The smallest absolute Gasteiger partial charge is 0.335 e. The average Bonchev–Trinajstić information content (AvgIpc) is 2.17. The monoisotopic (exact) mass is 209 g/mol. The van der Waals surface area contributed by atoms with Crippen LogP contribution in [0.2, 0.25) is 0 Å². The fourth-order valence-corrected chi connectivity index (χ4v) is 1.08. The molecule has 0 heterocycles. The van der Waals surface area contributed by atoms with Crippen molar-refractivity contribution in [2.45, 2.75) is 12.5 Å². The van der Waals surface area contributed by atoms with Crippen LogP contribution < -0.4 is 5.73 Å². The van der Waals surface area contributed by atoms with Crippen molar-refractivity contribution in [3.8, 4) is 0 Å². The van der Waals surface area contributed by atoms with E-state index in [0.717, 1.165) is 0 Å². The van der Waals surface area contributed by atoms with E-state index in [2.05, 4.69) is 0 Å². The number of hydrogen-bond donors (Lipinski definition) is 3. The van der Waals surface area contributed by atoms with Crippen molar-refractivity contribution in [3.63, 3.8) is 0 Å². The standard InChI is InChI=1S/C10H11NO4/c1-10(11,9(14)15)7-4-2-6(3-5-7)8(12)13/h2-5H,11H2,1H3,(H,12,13)(H,14,15)/t10-/m1/s1. The maximum Gasteiger partial charge on any atom is 0.335 e. The Bertz CT molecular complexity index is 394. The van der Waals surface area contributed by atoms with Gasteiger partial charge in [0.25, 0.3) is 0 Å². The molecule has 1 rings (SSSR count). The van der Waals surface area contributed by atoms with Gasteiger partial charge in [0, 0.05) is 0 Å². The zero-order chi connectivity index (χ0) is 11.6. The Hall–Kier alpha value is -1.88. The second-order valence-electron chi connectivity index (χ2n) is 3.39. The molecule has 0 aliphatic carbocycles. The molecule has 0 saturated carbocycles. The Morgan fingerprint density at radius 1 is 1.20 bits per heavy atom. The second-order valence-corrected chi connectivity index (χ2v) is 3.39. The van der Waals surface area contributed by atoms with E-state index >= 15 is 0 Å². The number of rotatable bonds is 3. The lowest BCUT2D eigenvalue weighted by atomic mass is 9.93. The van der Waals surface area contributed by atoms with E-state index < -0.39 is 17.5 Å². The number of benzene rings is 1. The maximum absolute atomic E-state index is 10.8. The van der Waals surface area contributed by atoms with Gasteiger partial charge in [-0.05, 0) is 24.6 Å². The van der Waals surface area contributed by atoms with Crippen molar-refractivity contribution in [2.24, 2.45) is 5.73 Å². The van der Waals surface area contributed by atoms with E-state index in [0.29, 0.717) is 5.56 Å². The molecule has 5 heteroatoms. The van der Waals surface area contributed by atoms with Crippen molar-refractivity contribution < 1.29 is 19.8 Å². The number of carbonyl (C=O) groups is 2. The first-order chi connectivity index (χ1) is 6.85. The van der Waals surface area contributed by atoms with E-state index in [4.69, 9.17) is 15.9 Å². The highest BCUT2D eigenvalue weighted by Gasteiger charge is 2.30. The molecule has 0 fully saturated rings. The SMILES string of the molecule is C[C@](N)(C(=O)O)c1ccc(C(=O)O)cc1. The zero-order valence-electron chi connectivity index (χ0n) is 8.10. The van der Waals surface area contributed by atoms with Gasteiger partial charge in [-0.3, -0.25) is 0 Å². The van der Waals surface area contributed by atoms with Gasteiger partial charge >= 0.3 is 11.9 Å². The highest BCUT2D eigenvalue weighted by molar-refractivity contribution is 5.88. The molecular formula is C10H11NO4. The van der Waals surface area contributed by atoms with Crippen LogP contribution in [0.1, 0.15) is 22.8 Å². The predicted octanol–water partition coefficient (Wildman–Crippen LogP) is 0.643. The topological polar surface area (TPSA) is 101 Å². The van der Waals surface area contributed by atoms with Crippen LogP contribution in [0.15, 0.2) is 24.3 Å². The van der Waals surface area contributed by atoms with Crippen LogP contribution in [0.25, 0.3) is 0 Å². The van der Waals surface area contributed by atoms with Gasteiger partial charge in [0.1, 0.15) is 5.54 Å². The number of nitrogens with two attached hydrogens (primary N) is 1. The van der Waals surface area contributed by atoms with Crippen LogP contribution in [0.5, 0.6) is 0 Å². The molecule has 15 heavy (non-hydrogen) atoms. The van der Waals surface area contributed by atoms with Gasteiger partial charge in [0.05, 0.1) is 5.56 Å². The number of aliphatic carboxylic acids is 1. The fraction of sp³-hybridized carbons (Fsp3) is 0.200. The molecule has 1 aromatic rings. The van der Waals surface area contributed by atoms with Gasteiger partial charge in [0.15, 0.2) is 0 Å². The normalized spacial score (nSPS) is 14.3. The first-order valence-electron chi connectivity index (χ1n) is 4.22. The Morgan fingerprint density at radius 3 is 2.00 bits per heavy atom. The summed E-state index contributed by atoms with van der Waals surface area (Å²) in [5.41, 5.74) is 4.52. The molecule has 0 saturated heterocycles. The molecule has 0 bridgehead atoms. The van der Waals surface area contributed by atoms with E-state index in [1.54, 1.807) is 0 Å². The molecule has 0 spiro atoms. The minimum Gasteiger partial charge on any atom is -0.480 e. The summed E-state index contributed by atoms with van der Waals surface area (Å²) in [6.45, 7) is 1.35. The van der Waals surface area contributed by atoms with Crippen LogP contribution >= 0.6 is 0 Å². The minimum absolute atomic E-state index is 0.0972. The van der Waals surface area contributed by atoms with E-state index in [1.807, 2.05) is 0 Å². The fourth-order valence-electron chi connectivity index (χ4n) is 1.08. The first kappa shape index (κ1) is 11.2. The lowest BCUT2D eigenvalue weighted by molar-refractivity contribution is -0.143. The third-order valence-corrected chi connectivity index (χ3v) is 2.18. The molecule has 0 aliphatic rings. The summed E-state index contributed by atoms with van der Waals surface area (Å²) >= 11 is 0.